The molecule has 6 heteroatoms. The average molecular weight is 292 g/mol. The summed E-state index contributed by atoms with van der Waals surface area (Å²) in [7, 11) is 3.89. The number of nitrogens with one attached hydrogen (secondary N) is 1. The third kappa shape index (κ3) is 4.11. The van der Waals surface area contributed by atoms with Gasteiger partial charge >= 0.3 is 0 Å². The number of hydrogen-bond donors (Lipinski definition) is 3. The number of amides is 1. The highest BCUT2D eigenvalue weighted by Crippen LogP contribution is 2.23. The van der Waals surface area contributed by atoms with Crippen LogP contribution >= 0.6 is 0 Å². The fourth-order valence-corrected chi connectivity index (χ4v) is 2.23. The zero-order valence-electron chi connectivity index (χ0n) is 13.2. The number of hydrogen-bond acceptors (Lipinski definition) is 4. The summed E-state index contributed by atoms with van der Waals surface area (Å²) in [5.74, 6) is -1.10. The van der Waals surface area contributed by atoms with Crippen molar-refractivity contribution in [2.24, 2.45) is 22.7 Å². The minimum atomic E-state index is -0.667. The number of nitrogens with zero attached hydrogens (tertiary/aromatic N) is 2. The fourth-order valence-electron chi connectivity index (χ4n) is 2.23. The Kier molecular flexibility index (Phi) is 5.58. The lowest BCUT2D eigenvalue weighted by Crippen LogP contribution is -2.38. The molecule has 1 rings (SSSR count). The lowest BCUT2D eigenvalue weighted by molar-refractivity contribution is -0.119. The second-order valence-electron chi connectivity index (χ2n) is 5.63. The minimum absolute atomic E-state index is 0.0698. The van der Waals surface area contributed by atoms with Crippen molar-refractivity contribution in [3.8, 4) is 0 Å². The first-order valence-electron chi connectivity index (χ1n) is 6.84. The molecule has 6 nitrogen and oxygen atoms in total. The van der Waals surface area contributed by atoms with E-state index >= 15 is 0 Å². The van der Waals surface area contributed by atoms with Crippen LogP contribution in [0.3, 0.4) is 0 Å². The number of rotatable bonds is 5. The number of aryl methyl sites for hydroxylation is 1. The van der Waals surface area contributed by atoms with Crippen molar-refractivity contribution < 1.29 is 10.0 Å². The number of carbonyl (C=O) groups excluding carboxylic acids is 1. The van der Waals surface area contributed by atoms with Crippen molar-refractivity contribution in [1.29, 1.82) is 0 Å². The van der Waals surface area contributed by atoms with Crippen LogP contribution in [0, 0.1) is 18.8 Å². The topological polar surface area (TPSA) is 91.0 Å². The molecule has 0 bridgehead atoms. The van der Waals surface area contributed by atoms with Crippen LogP contribution in [0.25, 0.3) is 0 Å². The SMILES string of the molecule is Cc1ccc(NC(=O)C(/C(N)=N/O)C(C)C)cc1N(C)C. The number of anilines is 2. The Morgan fingerprint density at radius 1 is 1.38 bits per heavy atom. The molecule has 21 heavy (non-hydrogen) atoms. The maximum absolute atomic E-state index is 12.3. The van der Waals surface area contributed by atoms with Crippen LogP contribution < -0.4 is 16.0 Å². The summed E-state index contributed by atoms with van der Waals surface area (Å²) in [6.45, 7) is 5.71. The van der Waals surface area contributed by atoms with Crippen LogP contribution in [0.5, 0.6) is 0 Å². The summed E-state index contributed by atoms with van der Waals surface area (Å²) in [4.78, 5) is 14.3. The first-order valence-corrected chi connectivity index (χ1v) is 6.84. The van der Waals surface area contributed by atoms with Crippen LogP contribution in [0.4, 0.5) is 11.4 Å². The van der Waals surface area contributed by atoms with E-state index in [1.807, 2.05) is 58.0 Å². The van der Waals surface area contributed by atoms with E-state index in [9.17, 15) is 4.79 Å². The van der Waals surface area contributed by atoms with Gasteiger partial charge in [-0.05, 0) is 30.5 Å². The van der Waals surface area contributed by atoms with Crippen molar-refractivity contribution in [3.05, 3.63) is 23.8 Å². The van der Waals surface area contributed by atoms with Gasteiger partial charge in [0.1, 0.15) is 5.92 Å². The van der Waals surface area contributed by atoms with Gasteiger partial charge in [0.2, 0.25) is 5.91 Å². The van der Waals surface area contributed by atoms with E-state index in [4.69, 9.17) is 10.9 Å². The molecule has 0 aliphatic carbocycles. The van der Waals surface area contributed by atoms with Gasteiger partial charge in [0, 0.05) is 25.5 Å². The lowest BCUT2D eigenvalue weighted by Gasteiger charge is -2.20. The predicted octanol–water partition coefficient (Wildman–Crippen LogP) is 2.02. The molecule has 1 aromatic rings. The Balaban J connectivity index is 2.99. The molecule has 0 spiro atoms. The highest BCUT2D eigenvalue weighted by Gasteiger charge is 2.26. The monoisotopic (exact) mass is 292 g/mol. The Labute approximate surface area is 125 Å². The summed E-state index contributed by atoms with van der Waals surface area (Å²) in [5, 5.41) is 14.6. The van der Waals surface area contributed by atoms with Crippen molar-refractivity contribution in [3.63, 3.8) is 0 Å². The first-order chi connectivity index (χ1) is 9.77. The van der Waals surface area contributed by atoms with Crippen molar-refractivity contribution >= 4 is 23.1 Å². The second kappa shape index (κ2) is 6.97. The number of amidine groups is 1. The van der Waals surface area contributed by atoms with Gasteiger partial charge in [0.25, 0.3) is 0 Å². The minimum Gasteiger partial charge on any atom is -0.409 e. The molecule has 0 saturated carbocycles. The van der Waals surface area contributed by atoms with Crippen molar-refractivity contribution in [1.82, 2.24) is 0 Å². The Hall–Kier alpha value is -2.24. The summed E-state index contributed by atoms with van der Waals surface area (Å²) < 4.78 is 0. The van der Waals surface area contributed by atoms with Crippen molar-refractivity contribution in [2.75, 3.05) is 24.3 Å². The molecule has 1 unspecified atom stereocenters. The molecule has 1 atom stereocenters. The van der Waals surface area contributed by atoms with E-state index in [0.29, 0.717) is 5.69 Å². The first kappa shape index (κ1) is 16.8. The number of nitrogens with two attached hydrogens (primary N) is 1. The molecule has 1 amide bonds. The van der Waals surface area contributed by atoms with Crippen LogP contribution in [0.2, 0.25) is 0 Å². The normalized spacial score (nSPS) is 13.1. The molecule has 0 fully saturated rings. The molecule has 0 aliphatic rings. The lowest BCUT2D eigenvalue weighted by atomic mass is 9.93. The smallest absolute Gasteiger partial charge is 0.235 e. The third-order valence-electron chi connectivity index (χ3n) is 3.34. The molecule has 1 aromatic carbocycles. The van der Waals surface area contributed by atoms with Gasteiger partial charge in [-0.25, -0.2) is 0 Å². The summed E-state index contributed by atoms with van der Waals surface area (Å²) >= 11 is 0. The van der Waals surface area contributed by atoms with Gasteiger partial charge in [0.05, 0.1) is 0 Å². The summed E-state index contributed by atoms with van der Waals surface area (Å²) in [5.41, 5.74) is 8.44. The molecule has 116 valence electrons. The molecular weight excluding hydrogens is 268 g/mol. The predicted molar refractivity (Wildman–Crippen MR) is 85.9 cm³/mol. The van der Waals surface area contributed by atoms with E-state index < -0.39 is 5.92 Å². The molecule has 0 saturated heterocycles. The number of carbonyl (C=O) groups is 1. The fraction of sp³-hybridized carbons (Fsp3) is 0.467. The highest BCUT2D eigenvalue weighted by atomic mass is 16.4. The van der Waals surface area contributed by atoms with Gasteiger partial charge in [-0.2, -0.15) is 0 Å². The van der Waals surface area contributed by atoms with Crippen LogP contribution in [-0.2, 0) is 4.79 Å². The van der Waals surface area contributed by atoms with Gasteiger partial charge in [-0.1, -0.05) is 25.1 Å². The van der Waals surface area contributed by atoms with E-state index in [1.54, 1.807) is 0 Å². The Bertz CT molecular complexity index is 538. The molecule has 0 aromatic heterocycles. The quantitative estimate of drug-likeness (QED) is 0.335. The van der Waals surface area contributed by atoms with E-state index in [-0.39, 0.29) is 17.7 Å². The maximum Gasteiger partial charge on any atom is 0.235 e. The summed E-state index contributed by atoms with van der Waals surface area (Å²) in [6.07, 6.45) is 0. The van der Waals surface area contributed by atoms with Crippen LogP contribution in [0.1, 0.15) is 19.4 Å². The summed E-state index contributed by atoms with van der Waals surface area (Å²) in [6, 6.07) is 5.68. The molecule has 0 heterocycles. The third-order valence-corrected chi connectivity index (χ3v) is 3.34. The zero-order valence-corrected chi connectivity index (χ0v) is 13.2. The highest BCUT2D eigenvalue weighted by molar-refractivity contribution is 6.08. The van der Waals surface area contributed by atoms with Crippen molar-refractivity contribution in [2.45, 2.75) is 20.8 Å². The van der Waals surface area contributed by atoms with Gasteiger partial charge in [-0.15, -0.1) is 0 Å². The van der Waals surface area contributed by atoms with E-state index in [2.05, 4.69) is 10.5 Å². The van der Waals surface area contributed by atoms with Crippen LogP contribution in [0.15, 0.2) is 23.4 Å². The van der Waals surface area contributed by atoms with E-state index in [1.165, 1.54) is 0 Å². The Morgan fingerprint density at radius 3 is 2.48 bits per heavy atom. The van der Waals surface area contributed by atoms with Gasteiger partial charge in [-0.3, -0.25) is 4.79 Å². The maximum atomic E-state index is 12.3. The average Bonchev–Trinajstić information content (AvgIpc) is 2.40. The standard InChI is InChI=1S/C15H24N4O2/c1-9(2)13(14(16)18-21)15(20)17-11-7-6-10(3)12(8-11)19(4)5/h6-9,13,21H,1-5H3,(H2,16,18)(H,17,20). The largest absolute Gasteiger partial charge is 0.409 e. The molecule has 4 N–H and O–H groups in total. The van der Waals surface area contributed by atoms with Gasteiger partial charge in [0.15, 0.2) is 5.84 Å². The Morgan fingerprint density at radius 2 is 2.00 bits per heavy atom. The van der Waals surface area contributed by atoms with Crippen LogP contribution in [-0.4, -0.2) is 31.0 Å². The number of oxime groups is 1. The molecule has 0 radical (unpaired) electrons. The number of benzene rings is 1. The second-order valence-corrected chi connectivity index (χ2v) is 5.63. The van der Waals surface area contributed by atoms with E-state index in [0.717, 1.165) is 11.3 Å². The van der Waals surface area contributed by atoms with Gasteiger partial charge < -0.3 is 21.2 Å². The zero-order chi connectivity index (χ0) is 16.2. The molecule has 0 aliphatic heterocycles. The molecular formula is C15H24N4O2.